The van der Waals surface area contributed by atoms with Gasteiger partial charge in [0.15, 0.2) is 5.03 Å². The van der Waals surface area contributed by atoms with Crippen molar-refractivity contribution in [2.24, 2.45) is 4.99 Å². The monoisotopic (exact) mass is 316 g/mol. The summed E-state index contributed by atoms with van der Waals surface area (Å²) in [6, 6.07) is 5.61. The summed E-state index contributed by atoms with van der Waals surface area (Å²) >= 11 is 0. The molecule has 0 aliphatic rings. The molecular formula is C14H16N6O3. The quantitative estimate of drug-likeness (QED) is 0.340. The first-order chi connectivity index (χ1) is 10.8. The molecule has 0 saturated heterocycles. The van der Waals surface area contributed by atoms with Gasteiger partial charge in [0.25, 0.3) is 11.5 Å². The van der Waals surface area contributed by atoms with Crippen LogP contribution in [-0.4, -0.2) is 27.0 Å². The van der Waals surface area contributed by atoms with Crippen LogP contribution in [0.1, 0.15) is 22.4 Å². The summed E-state index contributed by atoms with van der Waals surface area (Å²) in [5.41, 5.74) is 4.88. The number of nitrogens with zero attached hydrogens (tertiary/aromatic N) is 3. The highest BCUT2D eigenvalue weighted by Crippen LogP contribution is 2.12. The van der Waals surface area contributed by atoms with Gasteiger partial charge in [-0.2, -0.15) is 0 Å². The Bertz CT molecular complexity index is 862. The Morgan fingerprint density at radius 3 is 2.70 bits per heavy atom. The van der Waals surface area contributed by atoms with Crippen molar-refractivity contribution in [2.45, 2.75) is 20.8 Å². The molecule has 0 aliphatic heterocycles. The Morgan fingerprint density at radius 2 is 2.09 bits per heavy atom. The molecule has 23 heavy (non-hydrogen) atoms. The Kier molecular flexibility index (Phi) is 4.39. The van der Waals surface area contributed by atoms with Gasteiger partial charge >= 0.3 is 0 Å². The number of aryl methyl sites for hydroxylation is 3. The molecule has 1 aromatic carbocycles. The van der Waals surface area contributed by atoms with Crippen LogP contribution in [0.4, 0.5) is 0 Å². The number of aliphatic imine (C=N–C) groups is 1. The van der Waals surface area contributed by atoms with E-state index in [1.54, 1.807) is 12.3 Å². The first-order valence-corrected chi connectivity index (χ1v) is 6.72. The van der Waals surface area contributed by atoms with Gasteiger partial charge in [-0.25, -0.2) is 19.8 Å². The summed E-state index contributed by atoms with van der Waals surface area (Å²) in [5, 5.41) is 19.5. The molecule has 2 rings (SSSR count). The van der Waals surface area contributed by atoms with Gasteiger partial charge in [0.2, 0.25) is 0 Å². The summed E-state index contributed by atoms with van der Waals surface area (Å²) in [6.45, 7) is 5.62. The summed E-state index contributed by atoms with van der Waals surface area (Å²) in [4.78, 5) is 26.2. The van der Waals surface area contributed by atoms with Crippen molar-refractivity contribution >= 4 is 12.2 Å². The Labute approximate surface area is 131 Å². The Morgan fingerprint density at radius 1 is 1.39 bits per heavy atom. The number of nitrogens with one attached hydrogen (secondary N) is 3. The number of nitro groups is 1. The van der Waals surface area contributed by atoms with Crippen molar-refractivity contribution in [1.82, 2.24) is 15.2 Å². The highest BCUT2D eigenvalue weighted by atomic mass is 16.7. The number of benzene rings is 1. The molecule has 0 radical (unpaired) electrons. The minimum atomic E-state index is -0.892. The largest absolute Gasteiger partial charge is 0.295 e. The molecule has 0 fully saturated rings. The minimum Gasteiger partial charge on any atom is -0.295 e. The van der Waals surface area contributed by atoms with Crippen LogP contribution in [0.3, 0.4) is 0 Å². The minimum absolute atomic E-state index is 0.234. The molecule has 0 bridgehead atoms. The molecule has 3 N–H and O–H groups in total. The normalized spacial score (nSPS) is 10.9. The second-order valence-corrected chi connectivity index (χ2v) is 5.04. The summed E-state index contributed by atoms with van der Waals surface area (Å²) in [5.74, 6) is -0.660. The van der Waals surface area contributed by atoms with Gasteiger partial charge in [-0.05, 0) is 44.0 Å². The van der Waals surface area contributed by atoms with Gasteiger partial charge in [0.1, 0.15) is 0 Å². The average Bonchev–Trinajstić information content (AvgIpc) is 2.74. The highest BCUT2D eigenvalue weighted by molar-refractivity contribution is 5.92. The summed E-state index contributed by atoms with van der Waals surface area (Å²) in [7, 11) is 0. The fraction of sp³-hybridized carbons (Fsp3) is 0.214. The summed E-state index contributed by atoms with van der Waals surface area (Å²) in [6.07, 6.45) is 1.13. The molecule has 1 heterocycles. The fourth-order valence-electron chi connectivity index (χ4n) is 2.00. The maximum absolute atomic E-state index is 12.4. The second-order valence-electron chi connectivity index (χ2n) is 5.04. The number of H-pyrrole nitrogens is 1. The SMILES string of the molecule is Cc1ccc(-n2[nH]c(C)c(/C=N\C(=N)N[N+](=O)[O-])c2=O)cc1C. The van der Waals surface area contributed by atoms with Crippen molar-refractivity contribution in [3.63, 3.8) is 0 Å². The van der Waals surface area contributed by atoms with Crippen LogP contribution in [0, 0.1) is 36.3 Å². The lowest BCUT2D eigenvalue weighted by Gasteiger charge is -2.05. The maximum atomic E-state index is 12.4. The zero-order valence-corrected chi connectivity index (χ0v) is 12.9. The van der Waals surface area contributed by atoms with Crippen LogP contribution in [0.25, 0.3) is 5.69 Å². The molecule has 1 aromatic heterocycles. The van der Waals surface area contributed by atoms with Crippen LogP contribution >= 0.6 is 0 Å². The molecule has 9 nitrogen and oxygen atoms in total. The van der Waals surface area contributed by atoms with E-state index in [0.29, 0.717) is 11.4 Å². The van der Waals surface area contributed by atoms with Crippen molar-refractivity contribution in [3.8, 4) is 5.69 Å². The number of aromatic amines is 1. The van der Waals surface area contributed by atoms with Gasteiger partial charge in [0, 0.05) is 11.9 Å². The maximum Gasteiger partial charge on any atom is 0.280 e. The standard InChI is InChI=1S/C14H16N6O3/c1-8-4-5-11(6-9(8)2)19-13(21)12(10(3)17-19)7-16-14(15)18-20(22)23/h4-7,17H,1-3H3,(H2,15,18)/b16-7-. The van der Waals surface area contributed by atoms with E-state index in [2.05, 4.69) is 10.1 Å². The lowest BCUT2D eigenvalue weighted by molar-refractivity contribution is -0.525. The summed E-state index contributed by atoms with van der Waals surface area (Å²) < 4.78 is 1.37. The van der Waals surface area contributed by atoms with Gasteiger partial charge in [-0.1, -0.05) is 11.5 Å². The van der Waals surface area contributed by atoms with E-state index in [4.69, 9.17) is 5.41 Å². The van der Waals surface area contributed by atoms with Crippen LogP contribution in [0.2, 0.25) is 0 Å². The zero-order valence-electron chi connectivity index (χ0n) is 12.9. The van der Waals surface area contributed by atoms with Gasteiger partial charge in [-0.3, -0.25) is 15.3 Å². The van der Waals surface area contributed by atoms with Gasteiger partial charge in [-0.15, -0.1) is 0 Å². The number of hydrogen-bond acceptors (Lipinski definition) is 4. The Balaban J connectivity index is 2.38. The van der Waals surface area contributed by atoms with Crippen molar-refractivity contribution in [3.05, 3.63) is 61.1 Å². The lowest BCUT2D eigenvalue weighted by Crippen LogP contribution is -2.27. The van der Waals surface area contributed by atoms with Crippen LogP contribution in [0.15, 0.2) is 28.0 Å². The van der Waals surface area contributed by atoms with Crippen molar-refractivity contribution < 1.29 is 5.03 Å². The number of guanidine groups is 1. The van der Waals surface area contributed by atoms with E-state index in [-0.39, 0.29) is 11.1 Å². The fourth-order valence-corrected chi connectivity index (χ4v) is 2.00. The molecule has 0 aliphatic carbocycles. The molecule has 0 unspecified atom stereocenters. The molecule has 9 heteroatoms. The predicted octanol–water partition coefficient (Wildman–Crippen LogP) is 1.23. The lowest BCUT2D eigenvalue weighted by atomic mass is 10.1. The van der Waals surface area contributed by atoms with E-state index < -0.39 is 11.0 Å². The smallest absolute Gasteiger partial charge is 0.280 e. The third-order valence-corrected chi connectivity index (χ3v) is 3.39. The molecule has 0 spiro atoms. The average molecular weight is 316 g/mol. The predicted molar refractivity (Wildman–Crippen MR) is 86.1 cm³/mol. The first-order valence-electron chi connectivity index (χ1n) is 6.72. The second kappa shape index (κ2) is 6.26. The zero-order chi connectivity index (χ0) is 17.1. The molecule has 0 atom stereocenters. The third-order valence-electron chi connectivity index (χ3n) is 3.39. The third kappa shape index (κ3) is 3.51. The van der Waals surface area contributed by atoms with Crippen LogP contribution < -0.4 is 11.0 Å². The Hall–Kier alpha value is -3.23. The molecule has 2 aromatic rings. The van der Waals surface area contributed by atoms with Crippen LogP contribution in [0.5, 0.6) is 0 Å². The number of hydrogen-bond donors (Lipinski definition) is 3. The topological polar surface area (TPSA) is 129 Å². The van der Waals surface area contributed by atoms with Gasteiger partial charge in [0.05, 0.1) is 11.3 Å². The van der Waals surface area contributed by atoms with E-state index in [9.17, 15) is 14.9 Å². The highest BCUT2D eigenvalue weighted by Gasteiger charge is 2.11. The van der Waals surface area contributed by atoms with E-state index in [1.807, 2.05) is 32.0 Å². The molecule has 0 amide bonds. The first kappa shape index (κ1) is 16.1. The van der Waals surface area contributed by atoms with E-state index in [1.165, 1.54) is 4.68 Å². The van der Waals surface area contributed by atoms with E-state index in [0.717, 1.165) is 17.3 Å². The van der Waals surface area contributed by atoms with Gasteiger partial charge < -0.3 is 0 Å². The van der Waals surface area contributed by atoms with Crippen molar-refractivity contribution in [2.75, 3.05) is 0 Å². The van der Waals surface area contributed by atoms with Crippen molar-refractivity contribution in [1.29, 1.82) is 5.41 Å². The number of aromatic nitrogens is 2. The molecular weight excluding hydrogens is 300 g/mol. The van der Waals surface area contributed by atoms with Crippen LogP contribution in [-0.2, 0) is 0 Å². The number of rotatable bonds is 3. The number of hydrazine groups is 1. The van der Waals surface area contributed by atoms with E-state index >= 15 is 0 Å². The molecule has 120 valence electrons. The molecule has 0 saturated carbocycles.